The maximum atomic E-state index is 12.8. The van der Waals surface area contributed by atoms with Gasteiger partial charge in [-0.25, -0.2) is 0 Å². The summed E-state index contributed by atoms with van der Waals surface area (Å²) in [5.41, 5.74) is 3.39. The first-order chi connectivity index (χ1) is 21.7. The molecule has 236 valence electrons. The van der Waals surface area contributed by atoms with Crippen LogP contribution < -0.4 is 19.7 Å². The van der Waals surface area contributed by atoms with Gasteiger partial charge in [0, 0.05) is 68.6 Å². The molecular formula is C32H33F3N6O4. The number of fused-ring (bicyclic) bond motifs is 1. The van der Waals surface area contributed by atoms with Crippen molar-refractivity contribution in [3.63, 3.8) is 0 Å². The Morgan fingerprint density at radius 2 is 1.62 bits per heavy atom. The van der Waals surface area contributed by atoms with E-state index in [0.717, 1.165) is 67.5 Å². The number of hydrogen-bond donors (Lipinski definition) is 1. The van der Waals surface area contributed by atoms with E-state index in [1.165, 1.54) is 23.9 Å². The normalized spacial score (nSPS) is 17.0. The van der Waals surface area contributed by atoms with Gasteiger partial charge < -0.3 is 29.8 Å². The topological polar surface area (TPSA) is 97.9 Å². The van der Waals surface area contributed by atoms with Crippen LogP contribution in [-0.4, -0.2) is 58.3 Å². The van der Waals surface area contributed by atoms with Crippen molar-refractivity contribution < 1.29 is 27.6 Å². The molecule has 0 unspecified atom stereocenters. The molecule has 1 fully saturated rings. The minimum Gasteiger partial charge on any atom is -0.490 e. The van der Waals surface area contributed by atoms with E-state index in [4.69, 9.17) is 9.47 Å². The van der Waals surface area contributed by atoms with E-state index >= 15 is 0 Å². The summed E-state index contributed by atoms with van der Waals surface area (Å²) in [5.74, 6) is 0.516. The van der Waals surface area contributed by atoms with Gasteiger partial charge in [0.25, 0.3) is 0 Å². The Bertz CT molecular complexity index is 1590. The lowest BCUT2D eigenvalue weighted by Gasteiger charge is -2.36. The van der Waals surface area contributed by atoms with Gasteiger partial charge in [-0.15, -0.1) is 0 Å². The lowest BCUT2D eigenvalue weighted by atomic mass is 10.1. The number of ether oxygens (including phenoxy) is 2. The lowest BCUT2D eigenvalue weighted by Crippen LogP contribution is -2.45. The molecule has 0 aliphatic carbocycles. The summed E-state index contributed by atoms with van der Waals surface area (Å²) in [6, 6.07) is 21.6. The molecule has 3 aromatic carbocycles. The molecule has 1 atom stereocenters. The standard InChI is InChI=1S/C32H33F3N6O4/c33-32(34,35)25-5-1-23(2-6-25)19-36-26-7-3-24(4-8-26)20-38-15-17-39(18-16-38)27-9-11-28(12-10-27)44-22-29-13-14-40-21-30(41(42)43)37-31(40)45-29/h1-12,21,29,36H,13-20,22H2/t29-/m1/s1. The number of imidazole rings is 1. The number of rotatable bonds is 10. The molecule has 3 heterocycles. The predicted molar refractivity (Wildman–Crippen MR) is 163 cm³/mol. The van der Waals surface area contributed by atoms with Crippen molar-refractivity contribution in [1.82, 2.24) is 14.5 Å². The Labute approximate surface area is 258 Å². The van der Waals surface area contributed by atoms with Gasteiger partial charge in [0.2, 0.25) is 0 Å². The van der Waals surface area contributed by atoms with Crippen molar-refractivity contribution in [3.8, 4) is 11.8 Å². The molecule has 2 aliphatic rings. The molecule has 0 saturated carbocycles. The molecule has 13 heteroatoms. The van der Waals surface area contributed by atoms with Gasteiger partial charge in [-0.05, 0) is 64.6 Å². The fourth-order valence-corrected chi connectivity index (χ4v) is 5.44. The number of aryl methyl sites for hydroxylation is 1. The number of hydrogen-bond acceptors (Lipinski definition) is 8. The summed E-state index contributed by atoms with van der Waals surface area (Å²) in [5, 5.41) is 14.2. The number of alkyl halides is 3. The average molecular weight is 623 g/mol. The van der Waals surface area contributed by atoms with Crippen molar-refractivity contribution in [2.75, 3.05) is 43.0 Å². The van der Waals surface area contributed by atoms with Crippen LogP contribution in [0.5, 0.6) is 11.8 Å². The van der Waals surface area contributed by atoms with Crippen molar-refractivity contribution in [2.24, 2.45) is 0 Å². The molecule has 0 amide bonds. The average Bonchev–Trinajstić information content (AvgIpc) is 3.48. The highest BCUT2D eigenvalue weighted by Gasteiger charge is 2.30. The predicted octanol–water partition coefficient (Wildman–Crippen LogP) is 5.97. The third-order valence-electron chi connectivity index (χ3n) is 8.03. The van der Waals surface area contributed by atoms with Crippen LogP contribution in [0.1, 0.15) is 23.1 Å². The number of nitro groups is 1. The number of aromatic nitrogens is 2. The maximum Gasteiger partial charge on any atom is 0.416 e. The Morgan fingerprint density at radius 1 is 0.933 bits per heavy atom. The molecule has 0 spiro atoms. The van der Waals surface area contributed by atoms with Gasteiger partial charge in [-0.2, -0.15) is 13.2 Å². The van der Waals surface area contributed by atoms with Crippen LogP contribution in [0.25, 0.3) is 0 Å². The summed E-state index contributed by atoms with van der Waals surface area (Å²) >= 11 is 0. The summed E-state index contributed by atoms with van der Waals surface area (Å²) in [6.45, 7) is 5.88. The highest BCUT2D eigenvalue weighted by Crippen LogP contribution is 2.29. The van der Waals surface area contributed by atoms with Crippen LogP contribution in [0.4, 0.5) is 30.4 Å². The van der Waals surface area contributed by atoms with E-state index < -0.39 is 16.7 Å². The number of nitrogens with one attached hydrogen (secondary N) is 1. The minimum absolute atomic E-state index is 0.218. The van der Waals surface area contributed by atoms with Crippen LogP contribution >= 0.6 is 0 Å². The second-order valence-corrected chi connectivity index (χ2v) is 11.2. The van der Waals surface area contributed by atoms with E-state index in [2.05, 4.69) is 44.4 Å². The van der Waals surface area contributed by atoms with Gasteiger partial charge in [0.05, 0.1) is 5.56 Å². The van der Waals surface area contributed by atoms with Gasteiger partial charge in [-0.1, -0.05) is 24.3 Å². The minimum atomic E-state index is -4.33. The SMILES string of the molecule is O=[N+]([O-])c1cn2c(n1)O[C@@H](COc1ccc(N3CCN(Cc4ccc(NCc5ccc(C(F)(F)F)cc5)cc4)CC3)cc1)CC2. The molecule has 4 aromatic rings. The number of benzene rings is 3. The van der Waals surface area contributed by atoms with E-state index in [1.807, 2.05) is 24.3 Å². The molecule has 1 aromatic heterocycles. The zero-order chi connectivity index (χ0) is 31.4. The van der Waals surface area contributed by atoms with Crippen molar-refractivity contribution in [2.45, 2.75) is 38.3 Å². The second kappa shape index (κ2) is 13.1. The molecular weight excluding hydrogens is 589 g/mol. The van der Waals surface area contributed by atoms with Crippen LogP contribution in [0.15, 0.2) is 79.0 Å². The quantitative estimate of drug-likeness (QED) is 0.171. The summed E-state index contributed by atoms with van der Waals surface area (Å²) in [4.78, 5) is 19.1. The van der Waals surface area contributed by atoms with Gasteiger partial charge in [0.1, 0.15) is 24.7 Å². The number of nitrogens with zero attached hydrogens (tertiary/aromatic N) is 5. The van der Waals surface area contributed by atoms with Crippen LogP contribution in [0.2, 0.25) is 0 Å². The van der Waals surface area contributed by atoms with Gasteiger partial charge in [0.15, 0.2) is 0 Å². The molecule has 0 bridgehead atoms. The molecule has 6 rings (SSSR count). The third-order valence-corrected chi connectivity index (χ3v) is 8.03. The van der Waals surface area contributed by atoms with Crippen LogP contribution in [-0.2, 0) is 25.8 Å². The highest BCUT2D eigenvalue weighted by molar-refractivity contribution is 5.49. The largest absolute Gasteiger partial charge is 0.490 e. The van der Waals surface area contributed by atoms with Gasteiger partial charge in [-0.3, -0.25) is 9.47 Å². The van der Waals surface area contributed by atoms with Crippen LogP contribution in [0, 0.1) is 10.1 Å². The number of piperazine rings is 1. The molecule has 45 heavy (non-hydrogen) atoms. The zero-order valence-corrected chi connectivity index (χ0v) is 24.4. The highest BCUT2D eigenvalue weighted by atomic mass is 19.4. The van der Waals surface area contributed by atoms with Gasteiger partial charge >= 0.3 is 18.0 Å². The summed E-state index contributed by atoms with van der Waals surface area (Å²) in [6.07, 6.45) is -2.49. The Morgan fingerprint density at radius 3 is 2.29 bits per heavy atom. The van der Waals surface area contributed by atoms with Crippen molar-refractivity contribution in [1.29, 1.82) is 0 Å². The first kappa shape index (κ1) is 30.3. The smallest absolute Gasteiger partial charge is 0.416 e. The zero-order valence-electron chi connectivity index (χ0n) is 24.4. The second-order valence-electron chi connectivity index (χ2n) is 11.2. The third kappa shape index (κ3) is 7.66. The van der Waals surface area contributed by atoms with Crippen LogP contribution in [0.3, 0.4) is 0 Å². The van der Waals surface area contributed by atoms with E-state index in [-0.39, 0.29) is 17.9 Å². The fraction of sp³-hybridized carbons (Fsp3) is 0.344. The molecule has 1 saturated heterocycles. The lowest BCUT2D eigenvalue weighted by molar-refractivity contribution is -0.389. The van der Waals surface area contributed by atoms with E-state index in [9.17, 15) is 23.3 Å². The van der Waals surface area contributed by atoms with E-state index in [0.29, 0.717) is 26.1 Å². The number of halogens is 3. The monoisotopic (exact) mass is 622 g/mol. The number of anilines is 2. The first-order valence-electron chi connectivity index (χ1n) is 14.8. The summed E-state index contributed by atoms with van der Waals surface area (Å²) in [7, 11) is 0. The Balaban J connectivity index is 0.914. The molecule has 0 radical (unpaired) electrons. The molecule has 10 nitrogen and oxygen atoms in total. The van der Waals surface area contributed by atoms with E-state index in [1.54, 1.807) is 4.57 Å². The molecule has 2 aliphatic heterocycles. The van der Waals surface area contributed by atoms with Crippen molar-refractivity contribution >= 4 is 17.2 Å². The Hall–Kier alpha value is -4.78. The maximum absolute atomic E-state index is 12.8. The fourth-order valence-electron chi connectivity index (χ4n) is 5.44. The molecule has 1 N–H and O–H groups in total. The first-order valence-corrected chi connectivity index (χ1v) is 14.8. The Kier molecular flexibility index (Phi) is 8.78. The summed E-state index contributed by atoms with van der Waals surface area (Å²) < 4.78 is 51.7. The van der Waals surface area contributed by atoms with Crippen molar-refractivity contribution in [3.05, 3.63) is 106 Å².